The van der Waals surface area contributed by atoms with E-state index in [0.717, 1.165) is 34.0 Å². The first-order valence-corrected chi connectivity index (χ1v) is 15.0. The van der Waals surface area contributed by atoms with Crippen LogP contribution >= 0.6 is 0 Å². The number of carbonyl (C=O) groups is 1. The standard InChI is InChI=1S/C27H22N4O10S2/c1-3-40-24-22(26(32)30(28-24)18-10-14-20(15-11-18)42(34,35)36)8-6-5-7-9-23-25(41-4-2)29-31(27(23)33)19-12-16-21(17-13-19)43(37,38)39/h1,5-17,29H,4H2,2H3,(H,34,35,36)(H,37,38,39). The third kappa shape index (κ3) is 6.82. The van der Waals surface area contributed by atoms with Crippen LogP contribution in [0.15, 0.2) is 98.1 Å². The predicted octanol–water partition coefficient (Wildman–Crippen LogP) is 2.52. The second kappa shape index (κ2) is 12.3. The summed E-state index contributed by atoms with van der Waals surface area (Å²) in [5.41, 5.74) is 0.0869. The fraction of sp³-hybridized carbons (Fsp3) is 0.0741. The van der Waals surface area contributed by atoms with Crippen LogP contribution in [-0.2, 0) is 29.8 Å². The van der Waals surface area contributed by atoms with E-state index in [1.54, 1.807) is 6.92 Å². The van der Waals surface area contributed by atoms with Gasteiger partial charge in [0.1, 0.15) is 17.2 Å². The van der Waals surface area contributed by atoms with E-state index in [0.29, 0.717) is 0 Å². The summed E-state index contributed by atoms with van der Waals surface area (Å²) in [6.07, 6.45) is 14.4. The highest BCUT2D eigenvalue weighted by Crippen LogP contribution is 2.25. The molecule has 2 aromatic carbocycles. The molecular formula is C27H22N4O10S2. The lowest BCUT2D eigenvalue weighted by Crippen LogP contribution is -2.21. The lowest BCUT2D eigenvalue weighted by atomic mass is 10.2. The van der Waals surface area contributed by atoms with Crippen LogP contribution in [0.1, 0.15) is 12.5 Å². The number of benzene rings is 2. The van der Waals surface area contributed by atoms with E-state index in [1.807, 2.05) is 6.11 Å². The van der Waals surface area contributed by atoms with E-state index in [1.165, 1.54) is 54.6 Å². The van der Waals surface area contributed by atoms with Crippen LogP contribution in [0.25, 0.3) is 11.8 Å². The molecule has 2 heterocycles. The summed E-state index contributed by atoms with van der Waals surface area (Å²) in [5.74, 6) is -0.675. The van der Waals surface area contributed by atoms with Crippen molar-refractivity contribution in [1.29, 1.82) is 0 Å². The van der Waals surface area contributed by atoms with Gasteiger partial charge in [-0.2, -0.15) is 21.8 Å². The van der Waals surface area contributed by atoms with Gasteiger partial charge >= 0.3 is 0 Å². The molecule has 14 nitrogen and oxygen atoms in total. The van der Waals surface area contributed by atoms with Crippen LogP contribution in [0, 0.1) is 12.5 Å². The van der Waals surface area contributed by atoms with Crippen molar-refractivity contribution in [3.8, 4) is 24.1 Å². The summed E-state index contributed by atoms with van der Waals surface area (Å²) < 4.78 is 75.2. The molecule has 0 radical (unpaired) electrons. The van der Waals surface area contributed by atoms with Crippen molar-refractivity contribution < 1.29 is 40.2 Å². The van der Waals surface area contributed by atoms with Gasteiger partial charge in [-0.05, 0) is 67.6 Å². The molecule has 1 aliphatic rings. The molecule has 1 amide bonds. The minimum absolute atomic E-state index is 0.0196. The van der Waals surface area contributed by atoms with E-state index in [-0.39, 0.29) is 50.7 Å². The largest absolute Gasteiger partial charge is 0.478 e. The summed E-state index contributed by atoms with van der Waals surface area (Å²) in [4.78, 5) is 25.4. The number of rotatable bonds is 9. The Kier molecular flexibility index (Phi) is 8.82. The van der Waals surface area contributed by atoms with Gasteiger partial charge in [-0.15, -0.1) is 5.10 Å². The maximum Gasteiger partial charge on any atom is 0.294 e. The average molecular weight is 627 g/mol. The maximum atomic E-state index is 13.1. The lowest BCUT2D eigenvalue weighted by Gasteiger charge is -2.11. The van der Waals surface area contributed by atoms with Gasteiger partial charge in [0.05, 0.1) is 27.8 Å². The van der Waals surface area contributed by atoms with E-state index in [4.69, 9.17) is 20.4 Å². The van der Waals surface area contributed by atoms with Crippen LogP contribution in [-0.4, -0.2) is 54.1 Å². The Labute approximate surface area is 245 Å². The molecule has 0 saturated heterocycles. The number of carbonyl (C=O) groups excluding carboxylic acids is 1. The number of terminal acetylenes is 1. The minimum atomic E-state index is -4.43. The lowest BCUT2D eigenvalue weighted by molar-refractivity contribution is -0.114. The number of H-pyrrole nitrogens is 1. The molecule has 0 spiro atoms. The van der Waals surface area contributed by atoms with Gasteiger partial charge in [0, 0.05) is 0 Å². The molecule has 0 aliphatic carbocycles. The van der Waals surface area contributed by atoms with Gasteiger partial charge in [0.25, 0.3) is 37.6 Å². The maximum absolute atomic E-state index is 13.1. The van der Waals surface area contributed by atoms with Gasteiger partial charge in [0.2, 0.25) is 5.88 Å². The molecule has 0 unspecified atom stereocenters. The zero-order valence-corrected chi connectivity index (χ0v) is 23.7. The number of aromatic nitrogens is 2. The number of nitrogens with one attached hydrogen (secondary N) is 1. The van der Waals surface area contributed by atoms with Gasteiger partial charge in [-0.1, -0.05) is 24.7 Å². The molecule has 1 aliphatic heterocycles. The third-order valence-electron chi connectivity index (χ3n) is 5.70. The molecule has 1 aromatic heterocycles. The SMILES string of the molecule is C#COC1=NN(c2ccc(S(=O)(=O)O)cc2)C(=O)C1=CC=CC=Cc1c(OCC)[nH]n(-c2ccc(S(=O)(=O)O)cc2)c1=O. The van der Waals surface area contributed by atoms with Crippen LogP contribution in [0.3, 0.4) is 0 Å². The van der Waals surface area contributed by atoms with Crippen molar-refractivity contribution in [2.24, 2.45) is 5.10 Å². The summed E-state index contributed by atoms with van der Waals surface area (Å²) in [6, 6.07) is 9.68. The highest BCUT2D eigenvalue weighted by molar-refractivity contribution is 7.86. The van der Waals surface area contributed by atoms with Crippen LogP contribution in [0.4, 0.5) is 5.69 Å². The average Bonchev–Trinajstić information content (AvgIpc) is 3.43. The number of aromatic amines is 1. The summed E-state index contributed by atoms with van der Waals surface area (Å²) in [5, 5.41) is 7.78. The monoisotopic (exact) mass is 626 g/mol. The number of amides is 1. The number of anilines is 1. The number of ether oxygens (including phenoxy) is 2. The molecule has 43 heavy (non-hydrogen) atoms. The Balaban J connectivity index is 1.57. The van der Waals surface area contributed by atoms with Crippen LogP contribution < -0.4 is 15.3 Å². The van der Waals surface area contributed by atoms with Gasteiger partial charge in [0.15, 0.2) is 0 Å². The van der Waals surface area contributed by atoms with Crippen molar-refractivity contribution in [2.75, 3.05) is 11.6 Å². The second-order valence-electron chi connectivity index (χ2n) is 8.43. The van der Waals surface area contributed by atoms with Crippen LogP contribution in [0.2, 0.25) is 0 Å². The fourth-order valence-electron chi connectivity index (χ4n) is 3.75. The molecule has 0 atom stereocenters. The molecular weight excluding hydrogens is 604 g/mol. The van der Waals surface area contributed by atoms with Crippen molar-refractivity contribution in [1.82, 2.24) is 9.78 Å². The topological polar surface area (TPSA) is 198 Å². The Hall–Kier alpha value is -5.21. The van der Waals surface area contributed by atoms with E-state index in [2.05, 4.69) is 10.2 Å². The first-order valence-electron chi connectivity index (χ1n) is 12.1. The molecule has 16 heteroatoms. The van der Waals surface area contributed by atoms with Gasteiger partial charge in [-0.25, -0.2) is 4.68 Å². The van der Waals surface area contributed by atoms with E-state index < -0.39 is 31.7 Å². The number of hydrazone groups is 1. The third-order valence-corrected chi connectivity index (χ3v) is 7.44. The Bertz CT molecular complexity index is 1990. The predicted molar refractivity (Wildman–Crippen MR) is 155 cm³/mol. The Morgan fingerprint density at radius 3 is 2.05 bits per heavy atom. The van der Waals surface area contributed by atoms with E-state index >= 15 is 0 Å². The number of allylic oxidation sites excluding steroid dienone is 4. The molecule has 0 saturated carbocycles. The Morgan fingerprint density at radius 2 is 1.51 bits per heavy atom. The number of hydrogen-bond donors (Lipinski definition) is 3. The smallest absolute Gasteiger partial charge is 0.294 e. The Morgan fingerprint density at radius 1 is 0.930 bits per heavy atom. The zero-order valence-electron chi connectivity index (χ0n) is 22.1. The van der Waals surface area contributed by atoms with Gasteiger partial charge in [-0.3, -0.25) is 23.8 Å². The van der Waals surface area contributed by atoms with Crippen LogP contribution in [0.5, 0.6) is 5.88 Å². The zero-order chi connectivity index (χ0) is 31.4. The first kappa shape index (κ1) is 30.7. The molecule has 3 aromatic rings. The normalized spacial score (nSPS) is 14.9. The van der Waals surface area contributed by atoms with E-state index in [9.17, 15) is 31.0 Å². The van der Waals surface area contributed by atoms with Gasteiger partial charge < -0.3 is 9.47 Å². The van der Waals surface area contributed by atoms with Crippen molar-refractivity contribution in [2.45, 2.75) is 16.7 Å². The van der Waals surface area contributed by atoms with Crippen molar-refractivity contribution in [3.63, 3.8) is 0 Å². The highest BCUT2D eigenvalue weighted by atomic mass is 32.2. The minimum Gasteiger partial charge on any atom is -0.478 e. The molecule has 4 rings (SSSR count). The first-order chi connectivity index (χ1) is 20.3. The second-order valence-corrected chi connectivity index (χ2v) is 11.3. The summed E-state index contributed by atoms with van der Waals surface area (Å²) in [7, 11) is -8.83. The fourth-order valence-corrected chi connectivity index (χ4v) is 4.71. The quantitative estimate of drug-likeness (QED) is 0.137. The highest BCUT2D eigenvalue weighted by Gasteiger charge is 2.32. The molecule has 0 bridgehead atoms. The summed E-state index contributed by atoms with van der Waals surface area (Å²) in [6.45, 7) is 1.96. The molecule has 0 fully saturated rings. The molecule has 222 valence electrons. The van der Waals surface area contributed by atoms with Crippen molar-refractivity contribution >= 4 is 43.8 Å². The molecule has 3 N–H and O–H groups in total. The number of hydrogen-bond acceptors (Lipinski definition) is 9. The number of nitrogens with zero attached hydrogens (tertiary/aromatic N) is 3. The summed E-state index contributed by atoms with van der Waals surface area (Å²) >= 11 is 0. The van der Waals surface area contributed by atoms with Crippen molar-refractivity contribution in [3.05, 3.63) is 94.3 Å².